The van der Waals surface area contributed by atoms with Crippen LogP contribution in [0.25, 0.3) is 11.3 Å². The summed E-state index contributed by atoms with van der Waals surface area (Å²) < 4.78 is 11.2. The van der Waals surface area contributed by atoms with Gasteiger partial charge < -0.3 is 8.83 Å². The minimum Gasteiger partial charge on any atom is -0.468 e. The van der Waals surface area contributed by atoms with Gasteiger partial charge in [0.25, 0.3) is 0 Å². The van der Waals surface area contributed by atoms with E-state index in [1.54, 1.807) is 12.5 Å². The van der Waals surface area contributed by atoms with Gasteiger partial charge in [-0.05, 0) is 36.4 Å². The van der Waals surface area contributed by atoms with E-state index in [1.807, 2.05) is 36.4 Å². The molecule has 0 amide bonds. The van der Waals surface area contributed by atoms with Gasteiger partial charge in [-0.2, -0.15) is 5.26 Å². The van der Waals surface area contributed by atoms with Gasteiger partial charge in [0.05, 0.1) is 31.6 Å². The van der Waals surface area contributed by atoms with E-state index in [0.29, 0.717) is 42.7 Å². The number of furan rings is 1. The van der Waals surface area contributed by atoms with Crippen molar-refractivity contribution in [1.82, 2.24) is 9.88 Å². The van der Waals surface area contributed by atoms with Crippen molar-refractivity contribution < 1.29 is 8.83 Å². The predicted octanol–water partition coefficient (Wildman–Crippen LogP) is 4.50. The average molecular weight is 342 g/mol. The van der Waals surface area contributed by atoms with E-state index in [2.05, 4.69) is 16.0 Å². The Morgan fingerprint density at radius 3 is 2.71 bits per heavy atom. The van der Waals surface area contributed by atoms with Crippen LogP contribution in [0.5, 0.6) is 0 Å². The molecule has 0 aliphatic carbocycles. The fourth-order valence-electron chi connectivity index (χ4n) is 2.37. The van der Waals surface area contributed by atoms with Crippen molar-refractivity contribution >= 4 is 11.6 Å². The van der Waals surface area contributed by atoms with Gasteiger partial charge in [0.15, 0.2) is 5.76 Å². The molecule has 0 radical (unpaired) electrons. The number of benzene rings is 1. The molecule has 0 fully saturated rings. The summed E-state index contributed by atoms with van der Waals surface area (Å²) in [6.45, 7) is 1.74. The lowest BCUT2D eigenvalue weighted by molar-refractivity contribution is 0.219. The van der Waals surface area contributed by atoms with Gasteiger partial charge in [0.1, 0.15) is 5.76 Å². The molecule has 0 saturated carbocycles. The summed E-state index contributed by atoms with van der Waals surface area (Å²) >= 11 is 5.90. The van der Waals surface area contributed by atoms with Crippen LogP contribution < -0.4 is 0 Å². The molecule has 1 aromatic carbocycles. The first-order valence-electron chi connectivity index (χ1n) is 7.57. The number of nitrogens with zero attached hydrogens (tertiary/aromatic N) is 3. The van der Waals surface area contributed by atoms with Crippen LogP contribution >= 0.6 is 11.6 Å². The summed E-state index contributed by atoms with van der Waals surface area (Å²) in [5.41, 5.74) is 0.924. The molecule has 0 spiro atoms. The van der Waals surface area contributed by atoms with E-state index >= 15 is 0 Å². The normalized spacial score (nSPS) is 10.9. The van der Waals surface area contributed by atoms with Crippen molar-refractivity contribution in [3.63, 3.8) is 0 Å². The van der Waals surface area contributed by atoms with Crippen molar-refractivity contribution in [3.05, 3.63) is 65.5 Å². The van der Waals surface area contributed by atoms with Gasteiger partial charge in [-0.15, -0.1) is 0 Å². The molecule has 0 aliphatic rings. The summed E-state index contributed by atoms with van der Waals surface area (Å²) in [5.74, 6) is 2.14. The number of nitriles is 1. The van der Waals surface area contributed by atoms with Gasteiger partial charge in [0, 0.05) is 23.6 Å². The maximum absolute atomic E-state index is 8.83. The first-order chi connectivity index (χ1) is 11.7. The maximum atomic E-state index is 8.83. The number of rotatable bonds is 7. The Morgan fingerprint density at radius 1 is 1.17 bits per heavy atom. The molecule has 122 valence electrons. The first kappa shape index (κ1) is 16.3. The van der Waals surface area contributed by atoms with Crippen LogP contribution in [0.2, 0.25) is 5.02 Å². The summed E-state index contributed by atoms with van der Waals surface area (Å²) in [4.78, 5) is 6.41. The first-order valence-corrected chi connectivity index (χ1v) is 7.95. The second-order valence-corrected chi connectivity index (χ2v) is 5.76. The number of hydrogen-bond acceptors (Lipinski definition) is 5. The molecule has 3 aromatic rings. The second kappa shape index (κ2) is 7.82. The minimum atomic E-state index is 0.436. The zero-order valence-electron chi connectivity index (χ0n) is 13.0. The Bertz CT molecular complexity index is 804. The molecule has 3 rings (SSSR count). The van der Waals surface area contributed by atoms with Crippen LogP contribution in [0.3, 0.4) is 0 Å². The smallest absolute Gasteiger partial charge is 0.209 e. The van der Waals surface area contributed by atoms with Crippen LogP contribution in [0.1, 0.15) is 18.1 Å². The topological polar surface area (TPSA) is 66.2 Å². The third kappa shape index (κ3) is 4.25. The number of aromatic nitrogens is 1. The molecule has 2 aromatic heterocycles. The molecule has 6 heteroatoms. The van der Waals surface area contributed by atoms with E-state index in [4.69, 9.17) is 25.7 Å². The highest BCUT2D eigenvalue weighted by molar-refractivity contribution is 6.30. The molecule has 0 saturated heterocycles. The fraction of sp³-hybridized carbons (Fsp3) is 0.222. The van der Waals surface area contributed by atoms with Crippen molar-refractivity contribution in [2.75, 3.05) is 6.54 Å². The van der Waals surface area contributed by atoms with Crippen LogP contribution in [0, 0.1) is 11.3 Å². The maximum Gasteiger partial charge on any atom is 0.209 e. The van der Waals surface area contributed by atoms with Gasteiger partial charge in [0.2, 0.25) is 5.89 Å². The number of oxazole rings is 1. The van der Waals surface area contributed by atoms with Gasteiger partial charge >= 0.3 is 0 Å². The average Bonchev–Trinajstić information content (AvgIpc) is 3.25. The van der Waals surface area contributed by atoms with E-state index in [1.165, 1.54) is 0 Å². The van der Waals surface area contributed by atoms with E-state index < -0.39 is 0 Å². The van der Waals surface area contributed by atoms with Gasteiger partial charge in [-0.25, -0.2) is 4.98 Å². The molecular formula is C18H16ClN3O2. The molecule has 0 N–H and O–H groups in total. The molecule has 0 bridgehead atoms. The van der Waals surface area contributed by atoms with Crippen LogP contribution in [0.15, 0.2) is 57.7 Å². The minimum absolute atomic E-state index is 0.436. The largest absolute Gasteiger partial charge is 0.468 e. The third-order valence-corrected chi connectivity index (χ3v) is 3.79. The van der Waals surface area contributed by atoms with Gasteiger partial charge in [-0.1, -0.05) is 11.6 Å². The zero-order valence-corrected chi connectivity index (χ0v) is 13.7. The van der Waals surface area contributed by atoms with Crippen molar-refractivity contribution in [1.29, 1.82) is 5.26 Å². The monoisotopic (exact) mass is 341 g/mol. The Morgan fingerprint density at radius 2 is 2.00 bits per heavy atom. The summed E-state index contributed by atoms with van der Waals surface area (Å²) in [6.07, 6.45) is 3.78. The summed E-state index contributed by atoms with van der Waals surface area (Å²) in [6, 6.07) is 13.3. The summed E-state index contributed by atoms with van der Waals surface area (Å²) in [7, 11) is 0. The third-order valence-electron chi connectivity index (χ3n) is 3.54. The van der Waals surface area contributed by atoms with E-state index in [0.717, 1.165) is 11.3 Å². The van der Waals surface area contributed by atoms with Crippen LogP contribution in [0.4, 0.5) is 0 Å². The number of halogens is 1. The fourth-order valence-corrected chi connectivity index (χ4v) is 2.49. The van der Waals surface area contributed by atoms with Crippen LogP contribution in [-0.4, -0.2) is 16.4 Å². The molecule has 24 heavy (non-hydrogen) atoms. The zero-order chi connectivity index (χ0) is 16.8. The Kier molecular flexibility index (Phi) is 5.32. The highest BCUT2D eigenvalue weighted by atomic mass is 35.5. The van der Waals surface area contributed by atoms with Crippen molar-refractivity contribution in [3.8, 4) is 17.4 Å². The molecule has 0 aliphatic heterocycles. The lowest BCUT2D eigenvalue weighted by Gasteiger charge is -2.17. The highest BCUT2D eigenvalue weighted by Gasteiger charge is 2.13. The second-order valence-electron chi connectivity index (χ2n) is 5.32. The van der Waals surface area contributed by atoms with Crippen molar-refractivity contribution in [2.24, 2.45) is 0 Å². The standard InChI is InChI=1S/C18H16ClN3O2/c19-15-6-4-14(5-7-15)17-11-21-18(24-17)13-22(9-2-8-20)12-16-3-1-10-23-16/h1,3-7,10-11H,2,9,12-13H2. The molecule has 5 nitrogen and oxygen atoms in total. The molecular weight excluding hydrogens is 326 g/mol. The number of hydrogen-bond donors (Lipinski definition) is 0. The molecule has 0 unspecified atom stereocenters. The van der Waals surface area contributed by atoms with E-state index in [-0.39, 0.29) is 0 Å². The van der Waals surface area contributed by atoms with E-state index in [9.17, 15) is 0 Å². The Hall–Kier alpha value is -2.55. The highest BCUT2D eigenvalue weighted by Crippen LogP contribution is 2.23. The SMILES string of the molecule is N#CCCN(Cc1ccco1)Cc1ncc(-c2ccc(Cl)cc2)o1. The quantitative estimate of drug-likeness (QED) is 0.632. The Balaban J connectivity index is 1.70. The molecule has 0 atom stereocenters. The lowest BCUT2D eigenvalue weighted by atomic mass is 10.2. The lowest BCUT2D eigenvalue weighted by Crippen LogP contribution is -2.23. The summed E-state index contributed by atoms with van der Waals surface area (Å²) in [5, 5.41) is 9.51. The predicted molar refractivity (Wildman–Crippen MR) is 90.0 cm³/mol. The van der Waals surface area contributed by atoms with Gasteiger partial charge in [-0.3, -0.25) is 4.90 Å². The van der Waals surface area contributed by atoms with Crippen LogP contribution in [-0.2, 0) is 13.1 Å². The Labute approximate surface area is 145 Å². The molecule has 2 heterocycles. The van der Waals surface area contributed by atoms with Crippen molar-refractivity contribution in [2.45, 2.75) is 19.5 Å².